The first kappa shape index (κ1) is 19.2. The number of amides is 1. The van der Waals surface area contributed by atoms with Gasteiger partial charge in [0.15, 0.2) is 11.6 Å². The number of likely N-dealkylation sites (tertiary alicyclic amines) is 1. The highest BCUT2D eigenvalue weighted by Crippen LogP contribution is 2.24. The highest BCUT2D eigenvalue weighted by atomic mass is 19.1. The van der Waals surface area contributed by atoms with Crippen molar-refractivity contribution in [3.63, 3.8) is 0 Å². The minimum Gasteiger partial charge on any atom is -0.408 e. The lowest BCUT2D eigenvalue weighted by atomic mass is 9.92. The number of halogens is 2. The molecule has 0 atom stereocenters. The van der Waals surface area contributed by atoms with Gasteiger partial charge in [-0.2, -0.15) is 0 Å². The SMILES string of the molecule is Cc1ncccc1OC(=O)N1CCC(C2=NC(c3cc(F)ccc3F)=NC2)CC1. The van der Waals surface area contributed by atoms with Crippen LogP contribution in [0.5, 0.6) is 5.75 Å². The molecule has 0 unspecified atom stereocenters. The Bertz CT molecular complexity index is 998. The number of piperidine rings is 1. The van der Waals surface area contributed by atoms with E-state index in [1.807, 2.05) is 0 Å². The van der Waals surface area contributed by atoms with E-state index in [0.717, 1.165) is 23.9 Å². The van der Waals surface area contributed by atoms with E-state index in [9.17, 15) is 13.6 Å². The number of hydrogen-bond acceptors (Lipinski definition) is 5. The Morgan fingerprint density at radius 1 is 1.21 bits per heavy atom. The summed E-state index contributed by atoms with van der Waals surface area (Å²) in [5, 5.41) is 0. The second-order valence-electron chi connectivity index (χ2n) is 7.08. The number of rotatable bonds is 3. The third-order valence-electron chi connectivity index (χ3n) is 5.19. The Labute approximate surface area is 167 Å². The quantitative estimate of drug-likeness (QED) is 0.790. The smallest absolute Gasteiger partial charge is 0.408 e. The van der Waals surface area contributed by atoms with E-state index in [4.69, 9.17) is 4.74 Å². The molecule has 2 aliphatic rings. The Morgan fingerprint density at radius 2 is 2.00 bits per heavy atom. The standard InChI is InChI=1S/C21H20F2N4O2/c1-13-19(3-2-8-24-13)29-21(28)27-9-6-14(7-10-27)18-12-25-20(26-18)16-11-15(22)4-5-17(16)23/h2-5,8,11,14H,6-7,9-10,12H2,1H3. The Hall–Kier alpha value is -3.16. The summed E-state index contributed by atoms with van der Waals surface area (Å²) in [5.41, 5.74) is 1.58. The van der Waals surface area contributed by atoms with Crippen LogP contribution in [-0.4, -0.2) is 47.2 Å². The number of nitrogens with zero attached hydrogens (tertiary/aromatic N) is 4. The zero-order valence-corrected chi connectivity index (χ0v) is 15.9. The zero-order valence-electron chi connectivity index (χ0n) is 15.9. The minimum atomic E-state index is -0.543. The fourth-order valence-electron chi connectivity index (χ4n) is 3.53. The molecule has 8 heteroatoms. The molecular formula is C21H20F2N4O2. The summed E-state index contributed by atoms with van der Waals surface area (Å²) < 4.78 is 32.8. The summed E-state index contributed by atoms with van der Waals surface area (Å²) in [4.78, 5) is 26.9. The minimum absolute atomic E-state index is 0.0767. The van der Waals surface area contributed by atoms with Crippen molar-refractivity contribution in [2.24, 2.45) is 15.9 Å². The Balaban J connectivity index is 1.36. The zero-order chi connectivity index (χ0) is 20.4. The van der Waals surface area contributed by atoms with Gasteiger partial charge in [-0.05, 0) is 50.1 Å². The number of pyridine rings is 1. The molecule has 1 aromatic heterocycles. The lowest BCUT2D eigenvalue weighted by Gasteiger charge is -2.31. The number of aromatic nitrogens is 1. The number of carbonyl (C=O) groups excluding carboxylic acids is 1. The molecule has 150 valence electrons. The van der Waals surface area contributed by atoms with Crippen LogP contribution in [0, 0.1) is 24.5 Å². The second-order valence-corrected chi connectivity index (χ2v) is 7.08. The van der Waals surface area contributed by atoms with Crippen molar-refractivity contribution in [3.05, 3.63) is 59.4 Å². The maximum atomic E-state index is 14.0. The first-order chi connectivity index (χ1) is 14.0. The molecule has 29 heavy (non-hydrogen) atoms. The number of carbonyl (C=O) groups is 1. The van der Waals surface area contributed by atoms with Gasteiger partial charge in [-0.1, -0.05) is 0 Å². The van der Waals surface area contributed by atoms with Gasteiger partial charge < -0.3 is 9.64 Å². The lowest BCUT2D eigenvalue weighted by Crippen LogP contribution is -2.42. The average molecular weight is 398 g/mol. The molecular weight excluding hydrogens is 378 g/mol. The van der Waals surface area contributed by atoms with Crippen LogP contribution in [0.1, 0.15) is 24.1 Å². The molecule has 4 rings (SSSR count). The fraction of sp³-hybridized carbons (Fsp3) is 0.333. The summed E-state index contributed by atoms with van der Waals surface area (Å²) in [6, 6.07) is 6.69. The topological polar surface area (TPSA) is 67.2 Å². The molecule has 0 spiro atoms. The van der Waals surface area contributed by atoms with Crippen LogP contribution in [-0.2, 0) is 0 Å². The van der Waals surface area contributed by atoms with Crippen molar-refractivity contribution in [1.29, 1.82) is 0 Å². The summed E-state index contributed by atoms with van der Waals surface area (Å²) in [7, 11) is 0. The number of hydrogen-bond donors (Lipinski definition) is 0. The number of aliphatic imine (C=N–C) groups is 2. The molecule has 2 aliphatic heterocycles. The summed E-state index contributed by atoms with van der Waals surface area (Å²) in [6.45, 7) is 3.22. The van der Waals surface area contributed by atoms with Gasteiger partial charge >= 0.3 is 6.09 Å². The number of amidine groups is 1. The largest absolute Gasteiger partial charge is 0.415 e. The van der Waals surface area contributed by atoms with Crippen LogP contribution in [0.4, 0.5) is 13.6 Å². The molecule has 3 heterocycles. The van der Waals surface area contributed by atoms with Crippen molar-refractivity contribution >= 4 is 17.6 Å². The van der Waals surface area contributed by atoms with Gasteiger partial charge in [-0.3, -0.25) is 9.98 Å². The van der Waals surface area contributed by atoms with Crippen molar-refractivity contribution in [2.75, 3.05) is 19.6 Å². The Kier molecular flexibility index (Phi) is 5.33. The van der Waals surface area contributed by atoms with Crippen molar-refractivity contribution in [3.8, 4) is 5.75 Å². The summed E-state index contributed by atoms with van der Waals surface area (Å²) in [5.74, 6) is -0.236. The molecule has 2 aromatic rings. The van der Waals surface area contributed by atoms with E-state index in [1.165, 1.54) is 0 Å². The van der Waals surface area contributed by atoms with Gasteiger partial charge in [0, 0.05) is 30.9 Å². The van der Waals surface area contributed by atoms with Crippen LogP contribution in [0.15, 0.2) is 46.5 Å². The Morgan fingerprint density at radius 3 is 2.76 bits per heavy atom. The van der Waals surface area contributed by atoms with Crippen LogP contribution < -0.4 is 4.74 Å². The van der Waals surface area contributed by atoms with Crippen LogP contribution >= 0.6 is 0 Å². The highest BCUT2D eigenvalue weighted by Gasteiger charge is 2.29. The molecule has 1 aromatic carbocycles. The van der Waals surface area contributed by atoms with Gasteiger partial charge in [-0.25, -0.2) is 18.6 Å². The van der Waals surface area contributed by atoms with E-state index in [2.05, 4.69) is 15.0 Å². The van der Waals surface area contributed by atoms with Crippen LogP contribution in [0.25, 0.3) is 0 Å². The second kappa shape index (κ2) is 8.06. The van der Waals surface area contributed by atoms with E-state index < -0.39 is 17.7 Å². The van der Waals surface area contributed by atoms with Crippen molar-refractivity contribution in [1.82, 2.24) is 9.88 Å². The van der Waals surface area contributed by atoms with Gasteiger partial charge in [0.25, 0.3) is 0 Å². The molecule has 1 saturated heterocycles. The third-order valence-corrected chi connectivity index (χ3v) is 5.19. The maximum Gasteiger partial charge on any atom is 0.415 e. The van der Waals surface area contributed by atoms with Gasteiger partial charge in [0.2, 0.25) is 0 Å². The summed E-state index contributed by atoms with van der Waals surface area (Å²) >= 11 is 0. The molecule has 0 saturated carbocycles. The van der Waals surface area contributed by atoms with Gasteiger partial charge in [0.1, 0.15) is 11.6 Å². The van der Waals surface area contributed by atoms with Crippen LogP contribution in [0.3, 0.4) is 0 Å². The maximum absolute atomic E-state index is 14.0. The molecule has 6 nitrogen and oxygen atoms in total. The number of benzene rings is 1. The van der Waals surface area contributed by atoms with E-state index in [0.29, 0.717) is 43.9 Å². The number of ether oxygens (including phenoxy) is 1. The molecule has 0 radical (unpaired) electrons. The normalized spacial score (nSPS) is 17.1. The molecule has 0 bridgehead atoms. The van der Waals surface area contributed by atoms with Crippen molar-refractivity contribution in [2.45, 2.75) is 19.8 Å². The van der Waals surface area contributed by atoms with Gasteiger partial charge in [-0.15, -0.1) is 0 Å². The van der Waals surface area contributed by atoms with E-state index >= 15 is 0 Å². The predicted octanol–water partition coefficient (Wildman–Crippen LogP) is 3.78. The molecule has 1 amide bonds. The monoisotopic (exact) mass is 398 g/mol. The molecule has 0 aliphatic carbocycles. The van der Waals surface area contributed by atoms with E-state index in [1.54, 1.807) is 30.2 Å². The van der Waals surface area contributed by atoms with Crippen LogP contribution in [0.2, 0.25) is 0 Å². The average Bonchev–Trinajstić information content (AvgIpc) is 3.21. The van der Waals surface area contributed by atoms with E-state index in [-0.39, 0.29) is 17.3 Å². The number of aryl methyl sites for hydroxylation is 1. The van der Waals surface area contributed by atoms with Crippen molar-refractivity contribution < 1.29 is 18.3 Å². The molecule has 0 N–H and O–H groups in total. The first-order valence-corrected chi connectivity index (χ1v) is 9.47. The predicted molar refractivity (Wildman–Crippen MR) is 104 cm³/mol. The van der Waals surface area contributed by atoms with Gasteiger partial charge in [0.05, 0.1) is 17.8 Å². The molecule has 1 fully saturated rings. The fourth-order valence-corrected chi connectivity index (χ4v) is 3.53. The summed E-state index contributed by atoms with van der Waals surface area (Å²) in [6.07, 6.45) is 2.68. The third kappa shape index (κ3) is 4.16. The first-order valence-electron chi connectivity index (χ1n) is 9.47. The highest BCUT2D eigenvalue weighted by molar-refractivity contribution is 6.12. The lowest BCUT2D eigenvalue weighted by molar-refractivity contribution is 0.137.